The molecule has 3 rings (SSSR count). The molecule has 0 saturated carbocycles. The van der Waals surface area contributed by atoms with Crippen LogP contribution in [0, 0.1) is 0 Å². The normalized spacial score (nSPS) is 18.6. The Morgan fingerprint density at radius 2 is 2.20 bits per heavy atom. The fourth-order valence-corrected chi connectivity index (χ4v) is 3.11. The van der Waals surface area contributed by atoms with E-state index in [1.807, 2.05) is 6.92 Å². The molecular formula is C16H16ClF3N3O2+. The van der Waals surface area contributed by atoms with E-state index in [0.29, 0.717) is 28.9 Å². The number of allylic oxidation sites excluding steroid dienone is 2. The number of nitrogens with two attached hydrogens (primary N) is 1. The van der Waals surface area contributed by atoms with Crippen LogP contribution in [0.25, 0.3) is 0 Å². The summed E-state index contributed by atoms with van der Waals surface area (Å²) in [4.78, 5) is 18.2. The van der Waals surface area contributed by atoms with Crippen molar-refractivity contribution in [3.63, 3.8) is 0 Å². The van der Waals surface area contributed by atoms with Crippen LogP contribution in [0.1, 0.15) is 29.8 Å². The zero-order valence-corrected chi connectivity index (χ0v) is 14.3. The summed E-state index contributed by atoms with van der Waals surface area (Å²) in [5.41, 5.74) is 2.47. The summed E-state index contributed by atoms with van der Waals surface area (Å²) in [6.07, 6.45) is -1.19. The zero-order valence-electron chi connectivity index (χ0n) is 13.5. The molecule has 0 saturated heterocycles. The van der Waals surface area contributed by atoms with Crippen LogP contribution in [-0.2, 0) is 11.3 Å². The SMILES string of the molecule is CC1=C(OCC(F)(F)F)[NH2+]C(C(C)N2Cc3c(ccnc3Cl)C2=O)=C1. The van der Waals surface area contributed by atoms with E-state index in [1.54, 1.807) is 29.3 Å². The Kier molecular flexibility index (Phi) is 4.51. The number of amides is 1. The lowest BCUT2D eigenvalue weighted by Crippen LogP contribution is -2.81. The minimum atomic E-state index is -4.40. The van der Waals surface area contributed by atoms with Gasteiger partial charge in [-0.25, -0.2) is 4.98 Å². The molecule has 1 aromatic rings. The van der Waals surface area contributed by atoms with Crippen molar-refractivity contribution in [2.75, 3.05) is 6.61 Å². The van der Waals surface area contributed by atoms with Gasteiger partial charge in [0.2, 0.25) is 0 Å². The van der Waals surface area contributed by atoms with Crippen molar-refractivity contribution in [3.05, 3.63) is 51.8 Å². The van der Waals surface area contributed by atoms with Gasteiger partial charge in [-0.2, -0.15) is 13.2 Å². The monoisotopic (exact) mass is 374 g/mol. The number of quaternary nitrogens is 1. The highest BCUT2D eigenvalue weighted by molar-refractivity contribution is 6.30. The Hall–Kier alpha value is -2.06. The van der Waals surface area contributed by atoms with Crippen LogP contribution in [-0.4, -0.2) is 34.6 Å². The Bertz CT molecular complexity index is 789. The zero-order chi connectivity index (χ0) is 18.4. The fraction of sp³-hybridized carbons (Fsp3) is 0.375. The van der Waals surface area contributed by atoms with E-state index in [0.717, 1.165) is 0 Å². The second-order valence-electron chi connectivity index (χ2n) is 5.98. The number of hydrogen-bond donors (Lipinski definition) is 1. The fourth-order valence-electron chi connectivity index (χ4n) is 2.89. The molecule has 1 unspecified atom stereocenters. The standard InChI is InChI=1S/C16H15ClF3N3O2/c1-8-5-12(22-14(8)25-7-16(18,19)20)9(2)23-6-11-10(15(23)24)3-4-21-13(11)17/h3-5,9,22H,6-7H2,1-2H3/p+1. The van der Waals surface area contributed by atoms with E-state index < -0.39 is 12.8 Å². The molecule has 134 valence electrons. The van der Waals surface area contributed by atoms with E-state index >= 15 is 0 Å². The minimum absolute atomic E-state index is 0.169. The maximum absolute atomic E-state index is 12.6. The number of ether oxygens (including phenoxy) is 1. The summed E-state index contributed by atoms with van der Waals surface area (Å²) in [6, 6.07) is 1.28. The van der Waals surface area contributed by atoms with Crippen molar-refractivity contribution in [3.8, 4) is 0 Å². The lowest BCUT2D eigenvalue weighted by Gasteiger charge is -2.23. The van der Waals surface area contributed by atoms with Gasteiger partial charge < -0.3 is 9.64 Å². The van der Waals surface area contributed by atoms with Gasteiger partial charge in [0.1, 0.15) is 16.9 Å². The summed E-state index contributed by atoms with van der Waals surface area (Å²) in [6.45, 7) is 2.45. The van der Waals surface area contributed by atoms with Crippen LogP contribution in [0.2, 0.25) is 5.15 Å². The number of halogens is 4. The second kappa shape index (κ2) is 6.34. The van der Waals surface area contributed by atoms with Gasteiger partial charge in [-0.3, -0.25) is 10.1 Å². The van der Waals surface area contributed by atoms with E-state index in [9.17, 15) is 18.0 Å². The van der Waals surface area contributed by atoms with Crippen LogP contribution in [0.3, 0.4) is 0 Å². The molecule has 3 heterocycles. The molecule has 25 heavy (non-hydrogen) atoms. The number of alkyl halides is 3. The van der Waals surface area contributed by atoms with Gasteiger partial charge in [0, 0.05) is 23.4 Å². The maximum atomic E-state index is 12.6. The molecular weight excluding hydrogens is 359 g/mol. The first-order valence-corrected chi connectivity index (χ1v) is 7.96. The molecule has 0 bridgehead atoms. The number of nitrogens with zero attached hydrogens (tertiary/aromatic N) is 2. The summed E-state index contributed by atoms with van der Waals surface area (Å²) >= 11 is 6.05. The molecule has 1 amide bonds. The van der Waals surface area contributed by atoms with Gasteiger partial charge in [-0.15, -0.1) is 0 Å². The Morgan fingerprint density at radius 1 is 1.48 bits per heavy atom. The lowest BCUT2D eigenvalue weighted by molar-refractivity contribution is -0.587. The van der Waals surface area contributed by atoms with Gasteiger partial charge in [-0.05, 0) is 19.9 Å². The predicted molar refractivity (Wildman–Crippen MR) is 83.3 cm³/mol. The molecule has 2 aliphatic heterocycles. The molecule has 0 aromatic carbocycles. The molecule has 2 N–H and O–H groups in total. The third-order valence-corrected chi connectivity index (χ3v) is 4.56. The average molecular weight is 375 g/mol. The van der Waals surface area contributed by atoms with Crippen molar-refractivity contribution in [1.82, 2.24) is 9.88 Å². The average Bonchev–Trinajstić information content (AvgIpc) is 3.06. The van der Waals surface area contributed by atoms with Gasteiger partial charge in [0.05, 0.1) is 12.1 Å². The molecule has 1 atom stereocenters. The maximum Gasteiger partial charge on any atom is 0.422 e. The first kappa shape index (κ1) is 17.8. The number of rotatable bonds is 4. The topological polar surface area (TPSA) is 59.0 Å². The molecule has 2 aliphatic rings. The van der Waals surface area contributed by atoms with E-state index in [2.05, 4.69) is 4.98 Å². The van der Waals surface area contributed by atoms with Crippen molar-refractivity contribution < 1.29 is 28.0 Å². The van der Waals surface area contributed by atoms with Gasteiger partial charge in [0.15, 0.2) is 6.61 Å². The summed E-state index contributed by atoms with van der Waals surface area (Å²) < 4.78 is 41.8. The Labute approximate surface area is 147 Å². The highest BCUT2D eigenvalue weighted by Gasteiger charge is 2.38. The molecule has 0 spiro atoms. The summed E-state index contributed by atoms with van der Waals surface area (Å²) in [5, 5.41) is 1.83. The molecule has 0 fully saturated rings. The third-order valence-electron chi connectivity index (χ3n) is 4.23. The van der Waals surface area contributed by atoms with Gasteiger partial charge >= 0.3 is 6.18 Å². The van der Waals surface area contributed by atoms with Crippen molar-refractivity contribution in [2.24, 2.45) is 0 Å². The summed E-state index contributed by atoms with van der Waals surface area (Å²) in [5.74, 6) is -0.00792. The molecule has 1 aromatic heterocycles. The Balaban J connectivity index is 1.70. The highest BCUT2D eigenvalue weighted by atomic mass is 35.5. The van der Waals surface area contributed by atoms with Crippen molar-refractivity contribution in [2.45, 2.75) is 32.6 Å². The van der Waals surface area contributed by atoms with Crippen LogP contribution in [0.4, 0.5) is 13.2 Å². The molecule has 0 aliphatic carbocycles. The highest BCUT2D eigenvalue weighted by Crippen LogP contribution is 2.30. The van der Waals surface area contributed by atoms with Crippen molar-refractivity contribution in [1.29, 1.82) is 0 Å². The third kappa shape index (κ3) is 3.50. The lowest BCUT2D eigenvalue weighted by atomic mass is 10.2. The Morgan fingerprint density at radius 3 is 2.84 bits per heavy atom. The summed E-state index contributed by atoms with van der Waals surface area (Å²) in [7, 11) is 0. The van der Waals surface area contributed by atoms with E-state index in [-0.39, 0.29) is 23.0 Å². The first-order chi connectivity index (χ1) is 11.7. The molecule has 0 radical (unpaired) electrons. The number of hydrogen-bond acceptors (Lipinski definition) is 3. The minimum Gasteiger partial charge on any atom is -0.442 e. The van der Waals surface area contributed by atoms with Crippen LogP contribution >= 0.6 is 11.6 Å². The number of fused-ring (bicyclic) bond motifs is 1. The molecule has 9 heteroatoms. The van der Waals surface area contributed by atoms with Crippen LogP contribution in [0.15, 0.2) is 35.5 Å². The van der Waals surface area contributed by atoms with Gasteiger partial charge in [0.25, 0.3) is 11.8 Å². The first-order valence-electron chi connectivity index (χ1n) is 7.58. The van der Waals surface area contributed by atoms with E-state index in [4.69, 9.17) is 16.3 Å². The number of pyridine rings is 1. The largest absolute Gasteiger partial charge is 0.442 e. The molecule has 5 nitrogen and oxygen atoms in total. The number of aromatic nitrogens is 1. The number of carbonyl (C=O) groups is 1. The van der Waals surface area contributed by atoms with Crippen LogP contribution < -0.4 is 5.32 Å². The smallest absolute Gasteiger partial charge is 0.422 e. The second-order valence-corrected chi connectivity index (χ2v) is 6.33. The van der Waals surface area contributed by atoms with Gasteiger partial charge in [-0.1, -0.05) is 11.6 Å². The van der Waals surface area contributed by atoms with Crippen LogP contribution in [0.5, 0.6) is 0 Å². The quantitative estimate of drug-likeness (QED) is 0.823. The van der Waals surface area contributed by atoms with E-state index in [1.165, 1.54) is 6.20 Å². The van der Waals surface area contributed by atoms with Crippen molar-refractivity contribution >= 4 is 17.5 Å². The predicted octanol–water partition coefficient (Wildman–Crippen LogP) is 2.35. The number of carbonyl (C=O) groups excluding carboxylic acids is 1.